The maximum absolute atomic E-state index is 12.1. The Kier molecular flexibility index (Phi) is 4.89. The van der Waals surface area contributed by atoms with Gasteiger partial charge in [-0.15, -0.1) is 0 Å². The van der Waals surface area contributed by atoms with Crippen LogP contribution in [0.15, 0.2) is 34.7 Å². The monoisotopic (exact) mass is 299 g/mol. The fourth-order valence-corrected chi connectivity index (χ4v) is 2.14. The molecular weight excluding hydrogens is 284 g/mol. The zero-order valence-electron chi connectivity index (χ0n) is 10.9. The zero-order chi connectivity index (χ0) is 14.5. The number of furan rings is 1. The Morgan fingerprint density at radius 2 is 2.00 bits per heavy atom. The summed E-state index contributed by atoms with van der Waals surface area (Å²) in [6.45, 7) is 2.27. The summed E-state index contributed by atoms with van der Waals surface area (Å²) in [6, 6.07) is 8.67. The second kappa shape index (κ2) is 6.65. The predicted octanol–water partition coefficient (Wildman–Crippen LogP) is 4.36. The number of anilines is 1. The van der Waals surface area contributed by atoms with Crippen LogP contribution in [0, 0.1) is 6.92 Å². The highest BCUT2D eigenvalue weighted by molar-refractivity contribution is 7.98. The first-order valence-corrected chi connectivity index (χ1v) is 7.10. The minimum absolute atomic E-state index is 0.163. The van der Waals surface area contributed by atoms with E-state index >= 15 is 0 Å². The van der Waals surface area contributed by atoms with E-state index in [0.29, 0.717) is 29.8 Å². The number of rotatable bonds is 6. The van der Waals surface area contributed by atoms with E-state index < -0.39 is 5.76 Å². The van der Waals surface area contributed by atoms with Crippen molar-refractivity contribution in [3.05, 3.63) is 47.4 Å². The van der Waals surface area contributed by atoms with Crippen molar-refractivity contribution in [1.29, 1.82) is 0 Å². The smallest absolute Gasteiger partial charge is 0.284 e. The molecule has 1 aromatic heterocycles. The Morgan fingerprint density at radius 1 is 1.25 bits per heavy atom. The van der Waals surface area contributed by atoms with Crippen LogP contribution < -0.4 is 5.32 Å². The Labute approximate surface area is 120 Å². The van der Waals surface area contributed by atoms with E-state index in [1.54, 1.807) is 24.3 Å². The summed E-state index contributed by atoms with van der Waals surface area (Å²) in [7, 11) is 0. The molecule has 0 unspecified atom stereocenters. The lowest BCUT2D eigenvalue weighted by Gasteiger charge is -2.06. The van der Waals surface area contributed by atoms with Crippen LogP contribution in [0.2, 0.25) is 0 Å². The summed E-state index contributed by atoms with van der Waals surface area (Å²) in [5, 5.41) is 12.6. The van der Waals surface area contributed by atoms with Gasteiger partial charge in [-0.05, 0) is 42.8 Å². The number of thioether (sulfide) groups is 1. The number of aryl methyl sites for hydroxylation is 1. The van der Waals surface area contributed by atoms with Crippen LogP contribution >= 0.6 is 11.8 Å². The number of halogens is 2. The highest BCUT2D eigenvalue weighted by Crippen LogP contribution is 2.23. The van der Waals surface area contributed by atoms with Gasteiger partial charge in [0.25, 0.3) is 5.76 Å². The Morgan fingerprint density at radius 3 is 2.70 bits per heavy atom. The van der Waals surface area contributed by atoms with Gasteiger partial charge < -0.3 is 14.8 Å². The molecule has 0 fully saturated rings. The molecule has 1 heterocycles. The molecule has 0 spiro atoms. The number of hydrogen-bond donors (Lipinski definition) is 2. The molecule has 0 aliphatic carbocycles. The third-order valence-electron chi connectivity index (χ3n) is 2.73. The van der Waals surface area contributed by atoms with Gasteiger partial charge in [0.15, 0.2) is 0 Å². The largest absolute Gasteiger partial charge is 0.508 e. The zero-order valence-corrected chi connectivity index (χ0v) is 11.7. The highest BCUT2D eigenvalue weighted by atomic mass is 32.2. The summed E-state index contributed by atoms with van der Waals surface area (Å²) in [5.74, 6) is -0.758. The molecule has 0 radical (unpaired) electrons. The Hall–Kier alpha value is -1.69. The van der Waals surface area contributed by atoms with E-state index in [4.69, 9.17) is 4.42 Å². The van der Waals surface area contributed by atoms with Crippen LogP contribution in [0.3, 0.4) is 0 Å². The van der Waals surface area contributed by atoms with Gasteiger partial charge in [-0.25, -0.2) is 0 Å². The third-order valence-corrected chi connectivity index (χ3v) is 3.44. The van der Waals surface area contributed by atoms with Gasteiger partial charge in [0.05, 0.1) is 12.3 Å². The number of phenols is 1. The van der Waals surface area contributed by atoms with E-state index in [1.165, 1.54) is 0 Å². The fraction of sp³-hybridized carbons (Fsp3) is 0.286. The molecule has 0 aliphatic rings. The number of benzene rings is 1. The van der Waals surface area contributed by atoms with E-state index in [-0.39, 0.29) is 11.5 Å². The standard InChI is InChI=1S/C14H15F2NO2S/c1-9-6-10(2-5-13(9)18)17-7-11-3-4-12(19-11)8-20-14(15)16/h2-6,14,17-18H,7-8H2,1H3. The number of phenolic OH excluding ortho intramolecular Hbond substituents is 1. The van der Waals surface area contributed by atoms with Crippen molar-refractivity contribution in [1.82, 2.24) is 0 Å². The second-order valence-electron chi connectivity index (χ2n) is 4.29. The van der Waals surface area contributed by atoms with Gasteiger partial charge in [0.1, 0.15) is 17.3 Å². The van der Waals surface area contributed by atoms with Crippen molar-refractivity contribution < 1.29 is 18.3 Å². The average Bonchev–Trinajstić information content (AvgIpc) is 2.86. The number of alkyl halides is 2. The van der Waals surface area contributed by atoms with Crippen molar-refractivity contribution in [2.45, 2.75) is 25.0 Å². The lowest BCUT2D eigenvalue weighted by atomic mass is 10.2. The van der Waals surface area contributed by atoms with Crippen LogP contribution in [0.5, 0.6) is 5.75 Å². The lowest BCUT2D eigenvalue weighted by molar-refractivity contribution is 0.251. The van der Waals surface area contributed by atoms with E-state index in [0.717, 1.165) is 11.3 Å². The summed E-state index contributed by atoms with van der Waals surface area (Å²) in [5.41, 5.74) is 1.64. The fourth-order valence-electron chi connectivity index (χ4n) is 1.69. The van der Waals surface area contributed by atoms with Gasteiger partial charge in [0.2, 0.25) is 0 Å². The van der Waals surface area contributed by atoms with Gasteiger partial charge in [-0.3, -0.25) is 0 Å². The van der Waals surface area contributed by atoms with Crippen molar-refractivity contribution >= 4 is 17.4 Å². The van der Waals surface area contributed by atoms with Crippen LogP contribution in [0.4, 0.5) is 14.5 Å². The van der Waals surface area contributed by atoms with Gasteiger partial charge >= 0.3 is 0 Å². The minimum Gasteiger partial charge on any atom is -0.508 e. The van der Waals surface area contributed by atoms with Gasteiger partial charge in [0, 0.05) is 5.69 Å². The first-order valence-electron chi connectivity index (χ1n) is 6.05. The van der Waals surface area contributed by atoms with Gasteiger partial charge in [-0.1, -0.05) is 11.8 Å². The molecule has 2 aromatic rings. The highest BCUT2D eigenvalue weighted by Gasteiger charge is 2.07. The first-order chi connectivity index (χ1) is 9.54. The molecule has 0 amide bonds. The van der Waals surface area contributed by atoms with Gasteiger partial charge in [-0.2, -0.15) is 8.78 Å². The maximum atomic E-state index is 12.1. The van der Waals surface area contributed by atoms with Crippen LogP contribution in [0.25, 0.3) is 0 Å². The van der Waals surface area contributed by atoms with Crippen molar-refractivity contribution in [2.24, 2.45) is 0 Å². The van der Waals surface area contributed by atoms with Crippen molar-refractivity contribution in [3.63, 3.8) is 0 Å². The molecule has 0 saturated heterocycles. The molecule has 108 valence electrons. The van der Waals surface area contributed by atoms with Crippen LogP contribution in [0.1, 0.15) is 17.1 Å². The molecule has 0 atom stereocenters. The van der Waals surface area contributed by atoms with Crippen molar-refractivity contribution in [2.75, 3.05) is 5.32 Å². The molecule has 2 N–H and O–H groups in total. The topological polar surface area (TPSA) is 45.4 Å². The summed E-state index contributed by atoms with van der Waals surface area (Å²) in [6.07, 6.45) is 0. The third kappa shape index (κ3) is 4.16. The normalized spacial score (nSPS) is 11.0. The summed E-state index contributed by atoms with van der Waals surface area (Å²) in [4.78, 5) is 0. The quantitative estimate of drug-likeness (QED) is 0.778. The summed E-state index contributed by atoms with van der Waals surface area (Å²) >= 11 is 0.540. The molecule has 20 heavy (non-hydrogen) atoms. The number of nitrogens with one attached hydrogen (secondary N) is 1. The molecular formula is C14H15F2NO2S. The van der Waals surface area contributed by atoms with E-state index in [2.05, 4.69) is 5.32 Å². The molecule has 0 aliphatic heterocycles. The lowest BCUT2D eigenvalue weighted by Crippen LogP contribution is -1.98. The maximum Gasteiger partial charge on any atom is 0.284 e. The van der Waals surface area contributed by atoms with Crippen LogP contribution in [-0.4, -0.2) is 10.9 Å². The van der Waals surface area contributed by atoms with E-state index in [9.17, 15) is 13.9 Å². The molecule has 0 bridgehead atoms. The second-order valence-corrected chi connectivity index (χ2v) is 5.27. The molecule has 1 aromatic carbocycles. The van der Waals surface area contributed by atoms with E-state index in [1.807, 2.05) is 13.0 Å². The van der Waals surface area contributed by atoms with Crippen LogP contribution in [-0.2, 0) is 12.3 Å². The number of aromatic hydroxyl groups is 1. The SMILES string of the molecule is Cc1cc(NCc2ccc(CSC(F)F)o2)ccc1O. The molecule has 0 saturated carbocycles. The average molecular weight is 299 g/mol. The first kappa shape index (κ1) is 14.7. The molecule has 2 rings (SSSR count). The minimum atomic E-state index is -2.39. The Balaban J connectivity index is 1.89. The predicted molar refractivity (Wildman–Crippen MR) is 76.2 cm³/mol. The Bertz CT molecular complexity index is 572. The molecule has 6 heteroatoms. The molecule has 3 nitrogen and oxygen atoms in total. The summed E-state index contributed by atoms with van der Waals surface area (Å²) < 4.78 is 29.6. The number of hydrogen-bond acceptors (Lipinski definition) is 4. The van der Waals surface area contributed by atoms with Crippen molar-refractivity contribution in [3.8, 4) is 5.75 Å².